The van der Waals surface area contributed by atoms with Crippen LogP contribution in [0, 0.1) is 0 Å². The monoisotopic (exact) mass is 399 g/mol. The first kappa shape index (κ1) is 20.6. The Bertz CT molecular complexity index is 836. The lowest BCUT2D eigenvalue weighted by Crippen LogP contribution is -2.35. The van der Waals surface area contributed by atoms with E-state index in [1.807, 2.05) is 29.5 Å². The van der Waals surface area contributed by atoms with E-state index in [1.54, 1.807) is 0 Å². The molecule has 1 saturated heterocycles. The summed E-state index contributed by atoms with van der Waals surface area (Å²) in [6.45, 7) is 6.64. The van der Waals surface area contributed by atoms with Crippen molar-refractivity contribution in [2.75, 3.05) is 19.6 Å². The molecule has 4 rings (SSSR count). The first-order valence-corrected chi connectivity index (χ1v) is 10.1. The predicted molar refractivity (Wildman–Crippen MR) is 116 cm³/mol. The largest absolute Gasteiger partial charge is 0.326 e. The third-order valence-electron chi connectivity index (χ3n) is 5.56. The van der Waals surface area contributed by atoms with E-state index in [9.17, 15) is 0 Å². The SMILES string of the molecule is CCC(CN1CCCCC1)n1cncc1-c1cnn(Cc2ccccc2)c1.Cl. The zero-order chi connectivity index (χ0) is 18.5. The molecule has 1 fully saturated rings. The van der Waals surface area contributed by atoms with Crippen molar-refractivity contribution in [3.63, 3.8) is 0 Å². The zero-order valence-corrected chi connectivity index (χ0v) is 17.4. The fraction of sp³-hybridized carbons (Fsp3) is 0.455. The van der Waals surface area contributed by atoms with Gasteiger partial charge in [-0.1, -0.05) is 43.7 Å². The molecule has 6 heteroatoms. The third-order valence-corrected chi connectivity index (χ3v) is 5.56. The summed E-state index contributed by atoms with van der Waals surface area (Å²) < 4.78 is 4.35. The molecule has 0 N–H and O–H groups in total. The van der Waals surface area contributed by atoms with E-state index in [4.69, 9.17) is 0 Å². The van der Waals surface area contributed by atoms with E-state index in [0.29, 0.717) is 6.04 Å². The van der Waals surface area contributed by atoms with Crippen molar-refractivity contribution in [2.24, 2.45) is 0 Å². The van der Waals surface area contributed by atoms with E-state index < -0.39 is 0 Å². The Morgan fingerprint density at radius 2 is 1.82 bits per heavy atom. The van der Waals surface area contributed by atoms with Gasteiger partial charge >= 0.3 is 0 Å². The highest BCUT2D eigenvalue weighted by Gasteiger charge is 2.19. The number of halogens is 1. The van der Waals surface area contributed by atoms with Gasteiger partial charge in [0.2, 0.25) is 0 Å². The van der Waals surface area contributed by atoms with Crippen molar-refractivity contribution >= 4 is 12.4 Å². The quantitative estimate of drug-likeness (QED) is 0.580. The second-order valence-electron chi connectivity index (χ2n) is 7.52. The van der Waals surface area contributed by atoms with Crippen LogP contribution in [0.1, 0.15) is 44.2 Å². The van der Waals surface area contributed by atoms with Gasteiger partial charge in [-0.2, -0.15) is 5.10 Å². The van der Waals surface area contributed by atoms with Gasteiger partial charge in [0.1, 0.15) is 0 Å². The van der Waals surface area contributed by atoms with Crippen LogP contribution in [0.4, 0.5) is 0 Å². The average molecular weight is 400 g/mol. The Hall–Kier alpha value is -2.11. The number of hydrogen-bond acceptors (Lipinski definition) is 3. The summed E-state index contributed by atoms with van der Waals surface area (Å²) in [5.41, 5.74) is 3.57. The molecule has 2 aromatic heterocycles. The molecule has 28 heavy (non-hydrogen) atoms. The molecule has 0 aliphatic carbocycles. The Balaban J connectivity index is 0.00000225. The molecule has 1 aliphatic rings. The molecule has 1 atom stereocenters. The van der Waals surface area contributed by atoms with Gasteiger partial charge in [-0.15, -0.1) is 12.4 Å². The molecule has 1 aliphatic heterocycles. The third kappa shape index (κ3) is 4.83. The van der Waals surface area contributed by atoms with Crippen molar-refractivity contribution in [3.05, 3.63) is 60.8 Å². The number of rotatable bonds is 7. The maximum atomic E-state index is 4.57. The van der Waals surface area contributed by atoms with Crippen LogP contribution in [0.2, 0.25) is 0 Å². The van der Waals surface area contributed by atoms with Crippen molar-refractivity contribution in [1.82, 2.24) is 24.2 Å². The summed E-state index contributed by atoms with van der Waals surface area (Å²) in [7, 11) is 0. The number of piperidine rings is 1. The number of likely N-dealkylation sites (tertiary alicyclic amines) is 1. The summed E-state index contributed by atoms with van der Waals surface area (Å²) in [5, 5.41) is 4.57. The molecule has 5 nitrogen and oxygen atoms in total. The highest BCUT2D eigenvalue weighted by molar-refractivity contribution is 5.85. The Labute approximate surface area is 173 Å². The van der Waals surface area contributed by atoms with Crippen LogP contribution in [0.25, 0.3) is 11.3 Å². The first-order chi connectivity index (χ1) is 13.3. The lowest BCUT2D eigenvalue weighted by molar-refractivity contribution is 0.194. The normalized spacial score (nSPS) is 15.9. The second-order valence-corrected chi connectivity index (χ2v) is 7.52. The minimum Gasteiger partial charge on any atom is -0.326 e. The molecule has 150 valence electrons. The summed E-state index contributed by atoms with van der Waals surface area (Å²) in [6, 6.07) is 10.9. The van der Waals surface area contributed by atoms with Crippen LogP contribution in [0.15, 0.2) is 55.2 Å². The topological polar surface area (TPSA) is 38.9 Å². The summed E-state index contributed by atoms with van der Waals surface area (Å²) >= 11 is 0. The van der Waals surface area contributed by atoms with Gasteiger partial charge in [0.05, 0.1) is 31.0 Å². The number of nitrogens with zero attached hydrogens (tertiary/aromatic N) is 5. The molecular formula is C22H30ClN5. The minimum atomic E-state index is 0. The van der Waals surface area contributed by atoms with Gasteiger partial charge in [-0.3, -0.25) is 4.68 Å². The van der Waals surface area contributed by atoms with Crippen LogP contribution < -0.4 is 0 Å². The van der Waals surface area contributed by atoms with E-state index in [-0.39, 0.29) is 12.4 Å². The molecule has 0 bridgehead atoms. The van der Waals surface area contributed by atoms with Crippen LogP contribution in [-0.2, 0) is 6.54 Å². The molecular weight excluding hydrogens is 370 g/mol. The average Bonchev–Trinajstić information content (AvgIpc) is 3.37. The van der Waals surface area contributed by atoms with Crippen LogP contribution in [0.5, 0.6) is 0 Å². The molecule has 0 spiro atoms. The fourth-order valence-corrected chi connectivity index (χ4v) is 4.03. The number of imidazole rings is 1. The van der Waals surface area contributed by atoms with Gasteiger partial charge in [0.25, 0.3) is 0 Å². The van der Waals surface area contributed by atoms with Gasteiger partial charge in [-0.05, 0) is 37.9 Å². The summed E-state index contributed by atoms with van der Waals surface area (Å²) in [6.07, 6.45) is 13.2. The lowest BCUT2D eigenvalue weighted by atomic mass is 10.1. The predicted octanol–water partition coefficient (Wildman–Crippen LogP) is 4.65. The van der Waals surface area contributed by atoms with E-state index in [2.05, 4.69) is 56.9 Å². The first-order valence-electron chi connectivity index (χ1n) is 10.1. The van der Waals surface area contributed by atoms with Crippen LogP contribution in [-0.4, -0.2) is 43.9 Å². The highest BCUT2D eigenvalue weighted by Crippen LogP contribution is 2.25. The van der Waals surface area contributed by atoms with E-state index >= 15 is 0 Å². The van der Waals surface area contributed by atoms with Gasteiger partial charge in [0, 0.05) is 24.3 Å². The van der Waals surface area contributed by atoms with E-state index in [0.717, 1.165) is 30.8 Å². The fourth-order valence-electron chi connectivity index (χ4n) is 4.03. The standard InChI is InChI=1S/C22H29N5.ClH/c1-2-21(17-25-11-7-4-8-12-25)27-18-23-14-22(27)20-13-24-26(16-20)15-19-9-5-3-6-10-19;/h3,5-6,9-10,13-14,16,18,21H,2,4,7-8,11-12,15,17H2,1H3;1H. The van der Waals surface area contributed by atoms with Gasteiger partial charge in [0.15, 0.2) is 0 Å². The molecule has 0 saturated carbocycles. The number of benzene rings is 1. The lowest BCUT2D eigenvalue weighted by Gasteiger charge is -2.31. The van der Waals surface area contributed by atoms with Crippen molar-refractivity contribution < 1.29 is 0 Å². The van der Waals surface area contributed by atoms with Crippen molar-refractivity contribution in [2.45, 2.75) is 45.2 Å². The smallest absolute Gasteiger partial charge is 0.0954 e. The summed E-state index contributed by atoms with van der Waals surface area (Å²) in [4.78, 5) is 7.07. The maximum absolute atomic E-state index is 4.57. The van der Waals surface area contributed by atoms with Gasteiger partial charge < -0.3 is 9.47 Å². The summed E-state index contributed by atoms with van der Waals surface area (Å²) in [5.74, 6) is 0. The Kier molecular flexibility index (Phi) is 7.29. The Morgan fingerprint density at radius 3 is 2.57 bits per heavy atom. The molecule has 1 aromatic carbocycles. The maximum Gasteiger partial charge on any atom is 0.0954 e. The number of aromatic nitrogens is 4. The Morgan fingerprint density at radius 1 is 1.04 bits per heavy atom. The molecule has 0 amide bonds. The zero-order valence-electron chi connectivity index (χ0n) is 16.6. The van der Waals surface area contributed by atoms with Crippen LogP contribution in [0.3, 0.4) is 0 Å². The number of hydrogen-bond donors (Lipinski definition) is 0. The molecule has 3 aromatic rings. The second kappa shape index (κ2) is 9.89. The highest BCUT2D eigenvalue weighted by atomic mass is 35.5. The molecule has 3 heterocycles. The van der Waals surface area contributed by atoms with E-state index in [1.165, 1.54) is 37.9 Å². The van der Waals surface area contributed by atoms with Crippen LogP contribution >= 0.6 is 12.4 Å². The molecule has 0 radical (unpaired) electrons. The minimum absolute atomic E-state index is 0. The van der Waals surface area contributed by atoms with Crippen molar-refractivity contribution in [3.8, 4) is 11.3 Å². The van der Waals surface area contributed by atoms with Crippen molar-refractivity contribution in [1.29, 1.82) is 0 Å². The molecule has 1 unspecified atom stereocenters. The van der Waals surface area contributed by atoms with Gasteiger partial charge in [-0.25, -0.2) is 4.98 Å².